The Hall–Kier alpha value is -3.98. The summed E-state index contributed by atoms with van der Waals surface area (Å²) in [7, 11) is 1.53. The predicted molar refractivity (Wildman–Crippen MR) is 113 cm³/mol. The van der Waals surface area contributed by atoms with E-state index in [9.17, 15) is 14.9 Å². The van der Waals surface area contributed by atoms with E-state index in [-0.39, 0.29) is 33.0 Å². The van der Waals surface area contributed by atoms with Crippen LogP contribution in [0.5, 0.6) is 5.75 Å². The number of nitrogens with zero attached hydrogens (tertiary/aromatic N) is 3. The van der Waals surface area contributed by atoms with Gasteiger partial charge >= 0.3 is 0 Å². The lowest BCUT2D eigenvalue weighted by Crippen LogP contribution is -2.02. The second-order valence-corrected chi connectivity index (χ2v) is 7.30. The van der Waals surface area contributed by atoms with E-state index >= 15 is 0 Å². The molecule has 1 heterocycles. The number of nitro benzene ring substituents is 1. The van der Waals surface area contributed by atoms with Crippen molar-refractivity contribution in [3.05, 3.63) is 94.0 Å². The molecule has 154 valence electrons. The highest BCUT2D eigenvalue weighted by molar-refractivity contribution is 7.99. The summed E-state index contributed by atoms with van der Waals surface area (Å²) < 4.78 is 11.0. The van der Waals surface area contributed by atoms with Gasteiger partial charge < -0.3 is 9.15 Å². The third-order valence-electron chi connectivity index (χ3n) is 4.39. The van der Waals surface area contributed by atoms with Gasteiger partial charge in [-0.2, -0.15) is 0 Å². The van der Waals surface area contributed by atoms with Crippen LogP contribution in [0.15, 0.2) is 87.3 Å². The Morgan fingerprint density at radius 2 is 1.74 bits per heavy atom. The smallest absolute Gasteiger partial charge is 0.284 e. The van der Waals surface area contributed by atoms with E-state index < -0.39 is 4.92 Å². The molecular weight excluding hydrogens is 418 g/mol. The molecule has 0 spiro atoms. The molecule has 0 saturated carbocycles. The van der Waals surface area contributed by atoms with Gasteiger partial charge in [0.05, 0.1) is 22.5 Å². The molecule has 0 aliphatic carbocycles. The minimum Gasteiger partial charge on any atom is -0.496 e. The molecule has 31 heavy (non-hydrogen) atoms. The van der Waals surface area contributed by atoms with Crippen molar-refractivity contribution >= 4 is 23.2 Å². The first kappa shape index (κ1) is 20.3. The molecule has 0 bridgehead atoms. The fourth-order valence-corrected chi connectivity index (χ4v) is 3.68. The second-order valence-electron chi connectivity index (χ2n) is 6.31. The lowest BCUT2D eigenvalue weighted by Gasteiger charge is -2.04. The number of rotatable bonds is 7. The standard InChI is InChI=1S/C22H15N3O5S/c1-29-18-10-6-5-9-16(18)21-23-24-22(30-21)31-19-12-11-15(13-17(19)25(27)28)20(26)14-7-3-2-4-8-14/h2-13H,1H3. The molecule has 4 aromatic rings. The lowest BCUT2D eigenvalue weighted by atomic mass is 10.0. The van der Waals surface area contributed by atoms with E-state index in [1.165, 1.54) is 19.2 Å². The Morgan fingerprint density at radius 1 is 1.00 bits per heavy atom. The largest absolute Gasteiger partial charge is 0.496 e. The molecule has 0 unspecified atom stereocenters. The molecule has 9 heteroatoms. The van der Waals surface area contributed by atoms with Crippen molar-refractivity contribution in [1.82, 2.24) is 10.2 Å². The highest BCUT2D eigenvalue weighted by Gasteiger charge is 2.22. The molecule has 1 aromatic heterocycles. The zero-order chi connectivity index (χ0) is 21.8. The average molecular weight is 433 g/mol. The maximum atomic E-state index is 12.6. The topological polar surface area (TPSA) is 108 Å². The van der Waals surface area contributed by atoms with Gasteiger partial charge in [-0.3, -0.25) is 14.9 Å². The van der Waals surface area contributed by atoms with Gasteiger partial charge in [0.1, 0.15) is 5.75 Å². The fourth-order valence-electron chi connectivity index (χ4n) is 2.92. The molecule has 0 atom stereocenters. The van der Waals surface area contributed by atoms with Crippen molar-refractivity contribution in [2.75, 3.05) is 7.11 Å². The van der Waals surface area contributed by atoms with Crippen LogP contribution in [-0.4, -0.2) is 28.0 Å². The summed E-state index contributed by atoms with van der Waals surface area (Å²) in [5.74, 6) is 0.507. The van der Waals surface area contributed by atoms with Crippen molar-refractivity contribution < 1.29 is 18.9 Å². The minimum atomic E-state index is -0.540. The predicted octanol–water partition coefficient (Wildman–Crippen LogP) is 5.04. The number of ketones is 1. The van der Waals surface area contributed by atoms with Crippen molar-refractivity contribution in [3.8, 4) is 17.2 Å². The van der Waals surface area contributed by atoms with Crippen LogP contribution in [-0.2, 0) is 0 Å². The zero-order valence-corrected chi connectivity index (χ0v) is 17.0. The summed E-state index contributed by atoms with van der Waals surface area (Å²) in [5.41, 5.74) is 1.07. The van der Waals surface area contributed by atoms with Crippen LogP contribution in [0.2, 0.25) is 0 Å². The lowest BCUT2D eigenvalue weighted by molar-refractivity contribution is -0.387. The highest BCUT2D eigenvalue weighted by Crippen LogP contribution is 2.37. The average Bonchev–Trinajstić information content (AvgIpc) is 3.27. The molecule has 0 radical (unpaired) electrons. The SMILES string of the molecule is COc1ccccc1-c1nnc(Sc2ccc(C(=O)c3ccccc3)cc2[N+](=O)[O-])o1. The number of methoxy groups -OCH3 is 1. The third-order valence-corrected chi connectivity index (χ3v) is 5.30. The molecular formula is C22H15N3O5S. The molecule has 0 aliphatic heterocycles. The number of carbonyl (C=O) groups is 1. The number of para-hydroxylation sites is 1. The number of nitro groups is 1. The number of benzene rings is 3. The Labute approximate surface area is 181 Å². The van der Waals surface area contributed by atoms with E-state index in [0.29, 0.717) is 16.9 Å². The Bertz CT molecular complexity index is 1260. The maximum absolute atomic E-state index is 12.6. The van der Waals surface area contributed by atoms with Crippen LogP contribution >= 0.6 is 11.8 Å². The Morgan fingerprint density at radius 3 is 2.48 bits per heavy atom. The van der Waals surface area contributed by atoms with E-state index in [2.05, 4.69) is 10.2 Å². The number of hydrogen-bond donors (Lipinski definition) is 0. The highest BCUT2D eigenvalue weighted by atomic mass is 32.2. The first-order valence-electron chi connectivity index (χ1n) is 9.10. The summed E-state index contributed by atoms with van der Waals surface area (Å²) >= 11 is 0.954. The third kappa shape index (κ3) is 4.31. The van der Waals surface area contributed by atoms with Crippen molar-refractivity contribution in [1.29, 1.82) is 0 Å². The van der Waals surface area contributed by atoms with Gasteiger partial charge in [0, 0.05) is 17.2 Å². The van der Waals surface area contributed by atoms with Gasteiger partial charge in [-0.1, -0.05) is 42.5 Å². The fraction of sp³-hybridized carbons (Fsp3) is 0.0455. The second kappa shape index (κ2) is 8.80. The van der Waals surface area contributed by atoms with Gasteiger partial charge in [-0.15, -0.1) is 10.2 Å². The Kier molecular flexibility index (Phi) is 5.76. The van der Waals surface area contributed by atoms with Crippen LogP contribution < -0.4 is 4.74 Å². The zero-order valence-electron chi connectivity index (χ0n) is 16.2. The van der Waals surface area contributed by atoms with Crippen molar-refractivity contribution in [2.24, 2.45) is 0 Å². The van der Waals surface area contributed by atoms with Crippen molar-refractivity contribution in [2.45, 2.75) is 10.1 Å². The summed E-state index contributed by atoms with van der Waals surface area (Å²) in [5, 5.41) is 19.7. The normalized spacial score (nSPS) is 10.6. The van der Waals surface area contributed by atoms with E-state index in [1.54, 1.807) is 48.5 Å². The van der Waals surface area contributed by atoms with E-state index in [0.717, 1.165) is 11.8 Å². The van der Waals surface area contributed by atoms with Crippen LogP contribution in [0.25, 0.3) is 11.5 Å². The molecule has 8 nitrogen and oxygen atoms in total. The molecule has 0 N–H and O–H groups in total. The molecule has 3 aromatic carbocycles. The molecule has 0 amide bonds. The van der Waals surface area contributed by atoms with Gasteiger partial charge in [-0.05, 0) is 36.0 Å². The summed E-state index contributed by atoms with van der Waals surface area (Å²) in [6.07, 6.45) is 0. The first-order valence-corrected chi connectivity index (χ1v) is 9.91. The van der Waals surface area contributed by atoms with Crippen molar-refractivity contribution in [3.63, 3.8) is 0 Å². The number of ether oxygens (including phenoxy) is 1. The summed E-state index contributed by atoms with van der Waals surface area (Å²) in [6, 6.07) is 20.1. The van der Waals surface area contributed by atoms with Gasteiger partial charge in [0.25, 0.3) is 16.8 Å². The Balaban J connectivity index is 1.63. The summed E-state index contributed by atoms with van der Waals surface area (Å²) in [6.45, 7) is 0. The van der Waals surface area contributed by atoms with E-state index in [4.69, 9.17) is 9.15 Å². The quantitative estimate of drug-likeness (QED) is 0.227. The van der Waals surface area contributed by atoms with Crippen LogP contribution in [0.3, 0.4) is 0 Å². The van der Waals surface area contributed by atoms with Crippen LogP contribution in [0.4, 0.5) is 5.69 Å². The molecule has 0 fully saturated rings. The van der Waals surface area contributed by atoms with Crippen LogP contribution in [0.1, 0.15) is 15.9 Å². The minimum absolute atomic E-state index is 0.131. The van der Waals surface area contributed by atoms with Crippen LogP contribution in [0, 0.1) is 10.1 Å². The number of aromatic nitrogens is 2. The van der Waals surface area contributed by atoms with Gasteiger partial charge in [0.15, 0.2) is 5.78 Å². The molecule has 0 aliphatic rings. The number of hydrogen-bond acceptors (Lipinski definition) is 8. The number of carbonyl (C=O) groups excluding carboxylic acids is 1. The van der Waals surface area contributed by atoms with Gasteiger partial charge in [0.2, 0.25) is 0 Å². The van der Waals surface area contributed by atoms with E-state index in [1.807, 2.05) is 12.1 Å². The maximum Gasteiger partial charge on any atom is 0.284 e. The van der Waals surface area contributed by atoms with Gasteiger partial charge in [-0.25, -0.2) is 0 Å². The monoisotopic (exact) mass is 433 g/mol. The summed E-state index contributed by atoms with van der Waals surface area (Å²) in [4.78, 5) is 24.0. The molecule has 0 saturated heterocycles. The molecule has 4 rings (SSSR count). The first-order chi connectivity index (χ1) is 15.1.